The van der Waals surface area contributed by atoms with E-state index in [0.717, 1.165) is 35.7 Å². The third-order valence-electron chi connectivity index (χ3n) is 4.19. The number of thiophene rings is 1. The molecule has 1 aliphatic heterocycles. The molecule has 0 amide bonds. The topological polar surface area (TPSA) is 66.7 Å². The smallest absolute Gasteiger partial charge is 0.252 e. The van der Waals surface area contributed by atoms with Gasteiger partial charge in [0.05, 0.1) is 5.69 Å². The van der Waals surface area contributed by atoms with Crippen LogP contribution in [0.2, 0.25) is 0 Å². The molecular formula is C16H23N3O3S2. The number of aromatic nitrogens is 1. The van der Waals surface area contributed by atoms with Gasteiger partial charge in [0, 0.05) is 37.1 Å². The molecule has 6 nitrogen and oxygen atoms in total. The molecule has 2 aromatic heterocycles. The zero-order valence-electron chi connectivity index (χ0n) is 14.1. The molecule has 2 aromatic rings. The van der Waals surface area contributed by atoms with Gasteiger partial charge in [-0.2, -0.15) is 4.31 Å². The Balaban J connectivity index is 1.66. The van der Waals surface area contributed by atoms with Gasteiger partial charge in [-0.25, -0.2) is 8.42 Å². The SMILES string of the molecule is CCc1ccc(S(=O)(=O)N2CCCN(Cc3cc(C)on3)CC2)s1. The number of hydrogen-bond acceptors (Lipinski definition) is 6. The van der Waals surface area contributed by atoms with Crippen LogP contribution >= 0.6 is 11.3 Å². The summed E-state index contributed by atoms with van der Waals surface area (Å²) in [6.45, 7) is 7.26. The molecule has 0 radical (unpaired) electrons. The van der Waals surface area contributed by atoms with Crippen molar-refractivity contribution in [1.29, 1.82) is 0 Å². The number of aryl methyl sites for hydroxylation is 2. The molecule has 3 heterocycles. The van der Waals surface area contributed by atoms with E-state index in [9.17, 15) is 8.42 Å². The predicted molar refractivity (Wildman–Crippen MR) is 93.6 cm³/mol. The maximum absolute atomic E-state index is 12.8. The minimum Gasteiger partial charge on any atom is -0.361 e. The third kappa shape index (κ3) is 3.88. The van der Waals surface area contributed by atoms with Crippen LogP contribution in [0, 0.1) is 6.92 Å². The fourth-order valence-electron chi connectivity index (χ4n) is 2.88. The van der Waals surface area contributed by atoms with E-state index >= 15 is 0 Å². The molecule has 0 N–H and O–H groups in total. The van der Waals surface area contributed by atoms with Gasteiger partial charge >= 0.3 is 0 Å². The highest BCUT2D eigenvalue weighted by Gasteiger charge is 2.28. The highest BCUT2D eigenvalue weighted by Crippen LogP contribution is 2.26. The first kappa shape index (κ1) is 17.6. The lowest BCUT2D eigenvalue weighted by atomic mass is 10.3. The summed E-state index contributed by atoms with van der Waals surface area (Å²) in [7, 11) is -3.38. The third-order valence-corrected chi connectivity index (χ3v) is 7.79. The van der Waals surface area contributed by atoms with Crippen LogP contribution in [0.3, 0.4) is 0 Å². The molecule has 1 aliphatic rings. The minimum atomic E-state index is -3.38. The van der Waals surface area contributed by atoms with Crippen LogP contribution in [-0.4, -0.2) is 49.0 Å². The molecule has 8 heteroatoms. The Labute approximate surface area is 147 Å². The van der Waals surface area contributed by atoms with Crippen LogP contribution in [0.1, 0.15) is 29.7 Å². The molecule has 0 atom stereocenters. The van der Waals surface area contributed by atoms with Gasteiger partial charge in [-0.05, 0) is 38.4 Å². The first-order valence-corrected chi connectivity index (χ1v) is 10.5. The van der Waals surface area contributed by atoms with Gasteiger partial charge in [-0.3, -0.25) is 4.90 Å². The predicted octanol–water partition coefficient (Wildman–Crippen LogP) is 2.50. The Morgan fingerprint density at radius 1 is 1.25 bits per heavy atom. The van der Waals surface area contributed by atoms with E-state index in [0.29, 0.717) is 30.4 Å². The first-order valence-electron chi connectivity index (χ1n) is 8.22. The second-order valence-corrected chi connectivity index (χ2v) is 9.37. The van der Waals surface area contributed by atoms with Crippen molar-refractivity contribution in [3.63, 3.8) is 0 Å². The summed E-state index contributed by atoms with van der Waals surface area (Å²) < 4.78 is 32.8. The van der Waals surface area contributed by atoms with Gasteiger partial charge in [0.25, 0.3) is 10.0 Å². The van der Waals surface area contributed by atoms with Crippen molar-refractivity contribution in [1.82, 2.24) is 14.4 Å². The molecule has 0 aliphatic carbocycles. The molecule has 1 saturated heterocycles. The number of sulfonamides is 1. The maximum Gasteiger partial charge on any atom is 0.252 e. The summed E-state index contributed by atoms with van der Waals surface area (Å²) in [5.74, 6) is 0.799. The Kier molecular flexibility index (Phi) is 5.39. The Morgan fingerprint density at radius 3 is 2.75 bits per heavy atom. The zero-order chi connectivity index (χ0) is 17.2. The van der Waals surface area contributed by atoms with Crippen molar-refractivity contribution in [3.8, 4) is 0 Å². The van der Waals surface area contributed by atoms with Crippen LogP contribution in [0.15, 0.2) is 26.9 Å². The summed E-state index contributed by atoms with van der Waals surface area (Å²) in [4.78, 5) is 3.34. The summed E-state index contributed by atoms with van der Waals surface area (Å²) in [6, 6.07) is 5.57. The molecule has 0 spiro atoms. The largest absolute Gasteiger partial charge is 0.361 e. The standard InChI is InChI=1S/C16H23N3O3S2/c1-3-15-5-6-16(23-15)24(20,21)19-8-4-7-18(9-10-19)12-14-11-13(2)22-17-14/h5-6,11H,3-4,7-10,12H2,1-2H3. The lowest BCUT2D eigenvalue weighted by Gasteiger charge is -2.20. The van der Waals surface area contributed by atoms with E-state index in [2.05, 4.69) is 10.1 Å². The van der Waals surface area contributed by atoms with E-state index in [1.807, 2.05) is 26.0 Å². The molecule has 24 heavy (non-hydrogen) atoms. The van der Waals surface area contributed by atoms with Gasteiger partial charge in [0.1, 0.15) is 9.97 Å². The van der Waals surface area contributed by atoms with Gasteiger partial charge in [-0.15, -0.1) is 11.3 Å². The lowest BCUT2D eigenvalue weighted by Crippen LogP contribution is -2.34. The fraction of sp³-hybridized carbons (Fsp3) is 0.562. The molecule has 1 fully saturated rings. The van der Waals surface area contributed by atoms with Crippen LogP contribution in [0.5, 0.6) is 0 Å². The number of rotatable bonds is 5. The molecule has 0 aromatic carbocycles. The molecule has 132 valence electrons. The van der Waals surface area contributed by atoms with Crippen LogP contribution < -0.4 is 0 Å². The maximum atomic E-state index is 12.8. The Bertz CT molecular complexity index is 782. The van der Waals surface area contributed by atoms with Gasteiger partial charge in [0.15, 0.2) is 0 Å². The Hall–Kier alpha value is -1.22. The van der Waals surface area contributed by atoms with E-state index in [-0.39, 0.29) is 0 Å². The van der Waals surface area contributed by atoms with E-state index in [4.69, 9.17) is 4.52 Å². The normalized spacial score (nSPS) is 17.9. The molecule has 0 unspecified atom stereocenters. The van der Waals surface area contributed by atoms with Crippen molar-refractivity contribution in [2.45, 2.75) is 37.4 Å². The summed E-state index contributed by atoms with van der Waals surface area (Å²) in [5.41, 5.74) is 0.898. The summed E-state index contributed by atoms with van der Waals surface area (Å²) in [6.07, 6.45) is 1.69. The van der Waals surface area contributed by atoms with Gasteiger partial charge in [-0.1, -0.05) is 12.1 Å². The molecule has 0 bridgehead atoms. The molecular weight excluding hydrogens is 346 g/mol. The van der Waals surface area contributed by atoms with Gasteiger partial charge in [0.2, 0.25) is 0 Å². The van der Waals surface area contributed by atoms with Gasteiger partial charge < -0.3 is 4.52 Å². The van der Waals surface area contributed by atoms with Crippen molar-refractivity contribution in [2.24, 2.45) is 0 Å². The van der Waals surface area contributed by atoms with Crippen LogP contribution in [0.25, 0.3) is 0 Å². The molecule has 0 saturated carbocycles. The molecule has 3 rings (SSSR count). The van der Waals surface area contributed by atoms with E-state index < -0.39 is 10.0 Å². The Morgan fingerprint density at radius 2 is 2.08 bits per heavy atom. The minimum absolute atomic E-state index is 0.458. The number of hydrogen-bond donors (Lipinski definition) is 0. The van der Waals surface area contributed by atoms with Crippen LogP contribution in [0.4, 0.5) is 0 Å². The highest BCUT2D eigenvalue weighted by atomic mass is 32.2. The first-order chi connectivity index (χ1) is 11.5. The zero-order valence-corrected chi connectivity index (χ0v) is 15.7. The second-order valence-electron chi connectivity index (χ2n) is 6.04. The monoisotopic (exact) mass is 369 g/mol. The lowest BCUT2D eigenvalue weighted by molar-refractivity contribution is 0.268. The average molecular weight is 370 g/mol. The van der Waals surface area contributed by atoms with E-state index in [1.54, 1.807) is 10.4 Å². The van der Waals surface area contributed by atoms with Crippen molar-refractivity contribution >= 4 is 21.4 Å². The van der Waals surface area contributed by atoms with Crippen LogP contribution in [-0.2, 0) is 23.0 Å². The van der Waals surface area contributed by atoms with Crippen molar-refractivity contribution in [2.75, 3.05) is 26.2 Å². The van der Waals surface area contributed by atoms with Crippen molar-refractivity contribution < 1.29 is 12.9 Å². The quantitative estimate of drug-likeness (QED) is 0.810. The average Bonchev–Trinajstić information content (AvgIpc) is 3.12. The summed E-state index contributed by atoms with van der Waals surface area (Å²) in [5, 5.41) is 4.02. The van der Waals surface area contributed by atoms with E-state index in [1.165, 1.54) is 11.3 Å². The second kappa shape index (κ2) is 7.35. The highest BCUT2D eigenvalue weighted by molar-refractivity contribution is 7.91. The summed E-state index contributed by atoms with van der Waals surface area (Å²) >= 11 is 1.38. The van der Waals surface area contributed by atoms with Crippen molar-refractivity contribution in [3.05, 3.63) is 34.5 Å². The fourth-order valence-corrected chi connectivity index (χ4v) is 5.80. The number of nitrogens with zero attached hydrogens (tertiary/aromatic N) is 3.